The number of thiophene rings is 1. The summed E-state index contributed by atoms with van der Waals surface area (Å²) >= 11 is 1.49. The van der Waals surface area contributed by atoms with Crippen LogP contribution in [0.1, 0.15) is 42.1 Å². The lowest BCUT2D eigenvalue weighted by Gasteiger charge is -2.12. The van der Waals surface area contributed by atoms with Gasteiger partial charge in [0.2, 0.25) is 0 Å². The van der Waals surface area contributed by atoms with Crippen LogP contribution in [0.5, 0.6) is 0 Å². The monoisotopic (exact) mass is 292 g/mol. The predicted octanol–water partition coefficient (Wildman–Crippen LogP) is 2.62. The van der Waals surface area contributed by atoms with Crippen molar-refractivity contribution in [2.75, 3.05) is 0 Å². The van der Waals surface area contributed by atoms with Gasteiger partial charge in [-0.2, -0.15) is 0 Å². The topological polar surface area (TPSA) is 72.0 Å². The Hall–Kier alpha value is -1.69. The van der Waals surface area contributed by atoms with E-state index in [4.69, 9.17) is 4.74 Å². The molecule has 0 spiro atoms. The van der Waals surface area contributed by atoms with E-state index in [1.165, 1.54) is 11.3 Å². The molecule has 106 valence electrons. The molecule has 0 bridgehead atoms. The Morgan fingerprint density at radius 2 is 2.15 bits per heavy atom. The summed E-state index contributed by atoms with van der Waals surface area (Å²) < 4.78 is 5.33. The minimum absolute atomic E-state index is 0.0409. The van der Waals surface area contributed by atoms with Crippen molar-refractivity contribution in [1.29, 1.82) is 0 Å². The van der Waals surface area contributed by atoms with Crippen molar-refractivity contribution in [3.63, 3.8) is 0 Å². The number of esters is 1. The van der Waals surface area contributed by atoms with Gasteiger partial charge in [0, 0.05) is 4.88 Å². The molecule has 1 aliphatic carbocycles. The molecule has 0 aliphatic heterocycles. The summed E-state index contributed by atoms with van der Waals surface area (Å²) in [6.07, 6.45) is 1.28. The third-order valence-electron chi connectivity index (χ3n) is 3.65. The molecule has 2 heterocycles. The fourth-order valence-electron chi connectivity index (χ4n) is 2.11. The molecule has 0 unspecified atom stereocenters. The van der Waals surface area contributed by atoms with Crippen LogP contribution in [-0.2, 0) is 9.53 Å². The van der Waals surface area contributed by atoms with Crippen LogP contribution in [-0.4, -0.2) is 15.9 Å². The van der Waals surface area contributed by atoms with Crippen LogP contribution in [0.4, 0.5) is 0 Å². The minimum atomic E-state index is -0.525. The number of fused-ring (bicyclic) bond motifs is 1. The van der Waals surface area contributed by atoms with Gasteiger partial charge in [0.1, 0.15) is 4.83 Å². The van der Waals surface area contributed by atoms with Crippen LogP contribution in [0.25, 0.3) is 10.2 Å². The van der Waals surface area contributed by atoms with E-state index in [-0.39, 0.29) is 17.4 Å². The molecule has 1 N–H and O–H groups in total. The van der Waals surface area contributed by atoms with Crippen molar-refractivity contribution in [2.24, 2.45) is 5.92 Å². The van der Waals surface area contributed by atoms with Gasteiger partial charge in [-0.1, -0.05) is 0 Å². The Kier molecular flexibility index (Phi) is 3.12. The fraction of sp³-hybridized carbons (Fsp3) is 0.500. The predicted molar refractivity (Wildman–Crippen MR) is 76.9 cm³/mol. The van der Waals surface area contributed by atoms with E-state index in [1.807, 2.05) is 13.8 Å². The van der Waals surface area contributed by atoms with Crippen LogP contribution in [0.15, 0.2) is 4.79 Å². The molecule has 3 rings (SSSR count). The largest absolute Gasteiger partial charge is 0.454 e. The van der Waals surface area contributed by atoms with Crippen molar-refractivity contribution < 1.29 is 9.53 Å². The summed E-state index contributed by atoms with van der Waals surface area (Å²) in [5, 5.41) is 0.636. The minimum Gasteiger partial charge on any atom is -0.454 e. The summed E-state index contributed by atoms with van der Waals surface area (Å²) in [6, 6.07) is 0. The number of H-pyrrole nitrogens is 1. The lowest BCUT2D eigenvalue weighted by atomic mass is 10.2. The second kappa shape index (κ2) is 4.70. The average molecular weight is 292 g/mol. The van der Waals surface area contributed by atoms with Gasteiger partial charge in [0.15, 0.2) is 11.9 Å². The highest BCUT2D eigenvalue weighted by Crippen LogP contribution is 2.32. The molecule has 20 heavy (non-hydrogen) atoms. The zero-order valence-corrected chi connectivity index (χ0v) is 12.5. The summed E-state index contributed by atoms with van der Waals surface area (Å²) in [4.78, 5) is 32.7. The van der Waals surface area contributed by atoms with Crippen LogP contribution in [0.2, 0.25) is 0 Å². The van der Waals surface area contributed by atoms with Crippen molar-refractivity contribution in [1.82, 2.24) is 9.97 Å². The first-order valence-corrected chi connectivity index (χ1v) is 7.49. The van der Waals surface area contributed by atoms with Crippen LogP contribution in [0.3, 0.4) is 0 Å². The number of carbonyl (C=O) groups excluding carboxylic acids is 1. The standard InChI is InChI=1S/C14H16N2O3S/c1-6-8(3)20-13-10(6)12(17)15-11(16-13)7(2)19-14(18)9-4-5-9/h7,9H,4-5H2,1-3H3,(H,15,16,17)/t7-/m1/s1. The zero-order chi connectivity index (χ0) is 14.4. The molecular weight excluding hydrogens is 276 g/mol. The fourth-order valence-corrected chi connectivity index (χ4v) is 3.15. The van der Waals surface area contributed by atoms with Crippen LogP contribution < -0.4 is 5.56 Å². The van der Waals surface area contributed by atoms with Crippen molar-refractivity contribution in [2.45, 2.75) is 39.7 Å². The first-order chi connectivity index (χ1) is 9.47. The highest BCUT2D eigenvalue weighted by Gasteiger charge is 2.32. The molecule has 1 fully saturated rings. The summed E-state index contributed by atoms with van der Waals surface area (Å²) in [7, 11) is 0. The first-order valence-electron chi connectivity index (χ1n) is 6.67. The Morgan fingerprint density at radius 3 is 2.80 bits per heavy atom. The highest BCUT2D eigenvalue weighted by atomic mass is 32.1. The van der Waals surface area contributed by atoms with Gasteiger partial charge in [0.05, 0.1) is 11.3 Å². The Bertz CT molecular complexity index is 743. The third kappa shape index (κ3) is 2.24. The third-order valence-corrected chi connectivity index (χ3v) is 4.75. The van der Waals surface area contributed by atoms with Crippen LogP contribution in [0, 0.1) is 19.8 Å². The SMILES string of the molecule is Cc1sc2nc([C@@H](C)OC(=O)C3CC3)[nH]c(=O)c2c1C. The number of rotatable bonds is 3. The van der Waals surface area contributed by atoms with Gasteiger partial charge in [0.25, 0.3) is 5.56 Å². The number of aromatic amines is 1. The molecular formula is C14H16N2O3S. The molecule has 2 aromatic heterocycles. The van der Waals surface area contributed by atoms with Crippen molar-refractivity contribution >= 4 is 27.5 Å². The molecule has 5 nitrogen and oxygen atoms in total. The van der Waals surface area contributed by atoms with Gasteiger partial charge in [-0.3, -0.25) is 9.59 Å². The maximum absolute atomic E-state index is 12.1. The number of hydrogen-bond acceptors (Lipinski definition) is 5. The van der Waals surface area contributed by atoms with E-state index < -0.39 is 6.10 Å². The smallest absolute Gasteiger partial charge is 0.309 e. The van der Waals surface area contributed by atoms with E-state index >= 15 is 0 Å². The van der Waals surface area contributed by atoms with Gasteiger partial charge in [-0.25, -0.2) is 4.98 Å². The second-order valence-electron chi connectivity index (χ2n) is 5.27. The summed E-state index contributed by atoms with van der Waals surface area (Å²) in [6.45, 7) is 5.62. The lowest BCUT2D eigenvalue weighted by molar-refractivity contribution is -0.150. The van der Waals surface area contributed by atoms with E-state index in [2.05, 4.69) is 9.97 Å². The van der Waals surface area contributed by atoms with E-state index in [0.717, 1.165) is 23.3 Å². The van der Waals surface area contributed by atoms with E-state index in [1.54, 1.807) is 6.92 Å². The second-order valence-corrected chi connectivity index (χ2v) is 6.47. The van der Waals surface area contributed by atoms with E-state index in [0.29, 0.717) is 16.0 Å². The molecule has 1 aliphatic rings. The Labute approximate surface area is 120 Å². The number of carbonyl (C=O) groups is 1. The number of hydrogen-bond donors (Lipinski definition) is 1. The highest BCUT2D eigenvalue weighted by molar-refractivity contribution is 7.18. The number of nitrogens with zero attached hydrogens (tertiary/aromatic N) is 1. The first kappa shape index (κ1) is 13.3. The van der Waals surface area contributed by atoms with Crippen molar-refractivity contribution in [3.8, 4) is 0 Å². The zero-order valence-electron chi connectivity index (χ0n) is 11.6. The molecule has 1 atom stereocenters. The molecule has 0 aromatic carbocycles. The Morgan fingerprint density at radius 1 is 1.45 bits per heavy atom. The average Bonchev–Trinajstić information content (AvgIpc) is 3.17. The van der Waals surface area contributed by atoms with Crippen LogP contribution >= 0.6 is 11.3 Å². The summed E-state index contributed by atoms with van der Waals surface area (Å²) in [5.41, 5.74) is 0.800. The van der Waals surface area contributed by atoms with Gasteiger partial charge < -0.3 is 9.72 Å². The molecule has 0 amide bonds. The maximum atomic E-state index is 12.1. The van der Waals surface area contributed by atoms with Gasteiger partial charge >= 0.3 is 5.97 Å². The number of aromatic nitrogens is 2. The Balaban J connectivity index is 1.95. The maximum Gasteiger partial charge on any atom is 0.309 e. The number of nitrogens with one attached hydrogen (secondary N) is 1. The normalized spacial score (nSPS) is 16.4. The molecule has 0 saturated heterocycles. The lowest BCUT2D eigenvalue weighted by Crippen LogP contribution is -2.17. The molecule has 6 heteroatoms. The van der Waals surface area contributed by atoms with Crippen molar-refractivity contribution in [3.05, 3.63) is 26.6 Å². The number of aryl methyl sites for hydroxylation is 2. The van der Waals surface area contributed by atoms with Gasteiger partial charge in [-0.15, -0.1) is 11.3 Å². The van der Waals surface area contributed by atoms with E-state index in [9.17, 15) is 9.59 Å². The molecule has 1 saturated carbocycles. The summed E-state index contributed by atoms with van der Waals surface area (Å²) in [5.74, 6) is 0.260. The quantitative estimate of drug-likeness (QED) is 0.883. The molecule has 0 radical (unpaired) electrons. The van der Waals surface area contributed by atoms with Gasteiger partial charge in [-0.05, 0) is 39.2 Å². The molecule has 2 aromatic rings. The number of ether oxygens (including phenoxy) is 1.